The van der Waals surface area contributed by atoms with Gasteiger partial charge >= 0.3 is 0 Å². The molecule has 2 aromatic rings. The number of nitrogens with one attached hydrogen (secondary N) is 1. The number of hydrogen-bond acceptors (Lipinski definition) is 5. The van der Waals surface area contributed by atoms with E-state index in [2.05, 4.69) is 5.32 Å². The molecule has 1 aliphatic heterocycles. The van der Waals surface area contributed by atoms with Crippen molar-refractivity contribution in [3.63, 3.8) is 0 Å². The van der Waals surface area contributed by atoms with Crippen LogP contribution >= 0.6 is 0 Å². The van der Waals surface area contributed by atoms with Gasteiger partial charge in [-0.25, -0.2) is 12.8 Å². The molecule has 1 N–H and O–H groups in total. The molecule has 0 spiro atoms. The van der Waals surface area contributed by atoms with Gasteiger partial charge in [-0.3, -0.25) is 4.79 Å². The minimum atomic E-state index is -3.43. The molecule has 0 unspecified atom stereocenters. The molecule has 0 atom stereocenters. The van der Waals surface area contributed by atoms with E-state index < -0.39 is 10.0 Å². The third-order valence-electron chi connectivity index (χ3n) is 5.09. The average molecular weight is 450 g/mol. The summed E-state index contributed by atoms with van der Waals surface area (Å²) in [4.78, 5) is 13.8. The number of ether oxygens (including phenoxy) is 1. The predicted molar refractivity (Wildman–Crippen MR) is 118 cm³/mol. The monoisotopic (exact) mass is 449 g/mol. The van der Waals surface area contributed by atoms with Crippen molar-refractivity contribution in [2.75, 3.05) is 50.0 Å². The molecule has 2 aromatic carbocycles. The Balaban J connectivity index is 1.36. The number of sulfonamides is 1. The minimum Gasteiger partial charge on any atom is -0.484 e. The lowest BCUT2D eigenvalue weighted by Crippen LogP contribution is -2.49. The van der Waals surface area contributed by atoms with Crippen LogP contribution in [0.4, 0.5) is 10.1 Å². The van der Waals surface area contributed by atoms with E-state index in [4.69, 9.17) is 4.74 Å². The van der Waals surface area contributed by atoms with Crippen LogP contribution in [0.25, 0.3) is 0 Å². The van der Waals surface area contributed by atoms with Crippen LogP contribution in [-0.2, 0) is 14.8 Å². The molecule has 7 nitrogen and oxygen atoms in total. The quantitative estimate of drug-likeness (QED) is 0.594. The SMILES string of the molecule is Cc1cccc(OCC(=O)NCCCS(=O)(=O)N2CCN(c3ccccc3F)CC2)c1. The number of benzene rings is 2. The van der Waals surface area contributed by atoms with E-state index >= 15 is 0 Å². The summed E-state index contributed by atoms with van der Waals surface area (Å²) in [7, 11) is -3.43. The maximum absolute atomic E-state index is 13.9. The van der Waals surface area contributed by atoms with E-state index in [1.54, 1.807) is 24.3 Å². The highest BCUT2D eigenvalue weighted by atomic mass is 32.2. The topological polar surface area (TPSA) is 78.9 Å². The Morgan fingerprint density at radius 1 is 1.10 bits per heavy atom. The number of carbonyl (C=O) groups excluding carboxylic acids is 1. The van der Waals surface area contributed by atoms with Crippen molar-refractivity contribution in [2.45, 2.75) is 13.3 Å². The number of carbonyl (C=O) groups is 1. The molecule has 0 aliphatic carbocycles. The van der Waals surface area contributed by atoms with Crippen molar-refractivity contribution >= 4 is 21.6 Å². The van der Waals surface area contributed by atoms with E-state index in [1.807, 2.05) is 30.0 Å². The number of anilines is 1. The molecular weight excluding hydrogens is 421 g/mol. The maximum Gasteiger partial charge on any atom is 0.257 e. The molecule has 31 heavy (non-hydrogen) atoms. The summed E-state index contributed by atoms with van der Waals surface area (Å²) in [6.45, 7) is 3.58. The maximum atomic E-state index is 13.9. The molecule has 1 aliphatic rings. The molecule has 1 saturated heterocycles. The molecular formula is C22H28FN3O4S. The van der Waals surface area contributed by atoms with Gasteiger partial charge in [0.25, 0.3) is 5.91 Å². The fraction of sp³-hybridized carbons (Fsp3) is 0.409. The lowest BCUT2D eigenvalue weighted by atomic mass is 10.2. The Morgan fingerprint density at radius 3 is 2.55 bits per heavy atom. The summed E-state index contributed by atoms with van der Waals surface area (Å²) in [5.41, 5.74) is 1.54. The van der Waals surface area contributed by atoms with Crippen LogP contribution in [0.2, 0.25) is 0 Å². The van der Waals surface area contributed by atoms with E-state index in [9.17, 15) is 17.6 Å². The highest BCUT2D eigenvalue weighted by molar-refractivity contribution is 7.89. The Labute approximate surface area is 182 Å². The van der Waals surface area contributed by atoms with Crippen LogP contribution < -0.4 is 15.0 Å². The van der Waals surface area contributed by atoms with E-state index in [0.29, 0.717) is 44.0 Å². The van der Waals surface area contributed by atoms with Gasteiger partial charge in [0.2, 0.25) is 10.0 Å². The summed E-state index contributed by atoms with van der Waals surface area (Å²) < 4.78 is 46.0. The predicted octanol–water partition coefficient (Wildman–Crippen LogP) is 2.17. The Bertz CT molecular complexity index is 992. The van der Waals surface area contributed by atoms with Gasteiger partial charge in [-0.2, -0.15) is 4.31 Å². The minimum absolute atomic E-state index is 0.0499. The van der Waals surface area contributed by atoms with Gasteiger partial charge < -0.3 is 15.0 Å². The fourth-order valence-corrected chi connectivity index (χ4v) is 4.92. The zero-order valence-electron chi connectivity index (χ0n) is 17.6. The Kier molecular flexibility index (Phi) is 7.86. The number of amides is 1. The number of nitrogens with zero attached hydrogens (tertiary/aromatic N) is 2. The molecule has 9 heteroatoms. The second-order valence-electron chi connectivity index (χ2n) is 7.46. The smallest absolute Gasteiger partial charge is 0.257 e. The van der Waals surface area contributed by atoms with Crippen molar-refractivity contribution in [3.05, 3.63) is 59.9 Å². The van der Waals surface area contributed by atoms with Gasteiger partial charge in [0, 0.05) is 32.7 Å². The van der Waals surface area contributed by atoms with Crippen molar-refractivity contribution in [2.24, 2.45) is 0 Å². The largest absolute Gasteiger partial charge is 0.484 e. The van der Waals surface area contributed by atoms with Gasteiger partial charge in [-0.15, -0.1) is 0 Å². The van der Waals surface area contributed by atoms with Gasteiger partial charge in [0.1, 0.15) is 11.6 Å². The van der Waals surface area contributed by atoms with E-state index in [0.717, 1.165) is 5.56 Å². The summed E-state index contributed by atoms with van der Waals surface area (Å²) in [6.07, 6.45) is 0.312. The van der Waals surface area contributed by atoms with Crippen molar-refractivity contribution in [1.82, 2.24) is 9.62 Å². The van der Waals surface area contributed by atoms with E-state index in [1.165, 1.54) is 10.4 Å². The summed E-state index contributed by atoms with van der Waals surface area (Å²) in [5, 5.41) is 2.68. The molecule has 0 bridgehead atoms. The van der Waals surface area contributed by atoms with Crippen molar-refractivity contribution in [3.8, 4) is 5.75 Å². The van der Waals surface area contributed by atoms with Crippen LogP contribution in [0.3, 0.4) is 0 Å². The van der Waals surface area contributed by atoms with Crippen LogP contribution in [0.15, 0.2) is 48.5 Å². The number of piperazine rings is 1. The van der Waals surface area contributed by atoms with Gasteiger partial charge in [0.05, 0.1) is 11.4 Å². The second-order valence-corrected chi connectivity index (χ2v) is 9.55. The lowest BCUT2D eigenvalue weighted by molar-refractivity contribution is -0.123. The number of halogens is 1. The second kappa shape index (κ2) is 10.6. The normalized spacial score (nSPS) is 15.0. The molecule has 1 amide bonds. The van der Waals surface area contributed by atoms with Crippen LogP contribution in [0.1, 0.15) is 12.0 Å². The Hall–Kier alpha value is -2.65. The number of aryl methyl sites for hydroxylation is 1. The first-order valence-corrected chi connectivity index (χ1v) is 11.9. The molecule has 3 rings (SSSR count). The van der Waals surface area contributed by atoms with Crippen LogP contribution in [0, 0.1) is 12.7 Å². The average Bonchev–Trinajstić information content (AvgIpc) is 2.76. The number of para-hydroxylation sites is 1. The third-order valence-corrected chi connectivity index (χ3v) is 7.04. The fourth-order valence-electron chi connectivity index (χ4n) is 3.43. The standard InChI is InChI=1S/C22H28FN3O4S/c1-18-6-4-7-19(16-18)30-17-22(27)24-10-5-15-31(28,29)26-13-11-25(12-14-26)21-9-3-2-8-20(21)23/h2-4,6-9,16H,5,10-15,17H2,1H3,(H,24,27). The van der Waals surface area contributed by atoms with E-state index in [-0.39, 0.29) is 30.6 Å². The van der Waals surface area contributed by atoms with Gasteiger partial charge in [0.15, 0.2) is 6.61 Å². The molecule has 0 saturated carbocycles. The third kappa shape index (κ3) is 6.67. The molecule has 168 valence electrons. The zero-order valence-corrected chi connectivity index (χ0v) is 18.4. The summed E-state index contributed by atoms with van der Waals surface area (Å²) in [5.74, 6) is -0.0308. The Morgan fingerprint density at radius 2 is 1.84 bits per heavy atom. The molecule has 0 aromatic heterocycles. The van der Waals surface area contributed by atoms with Crippen molar-refractivity contribution in [1.29, 1.82) is 0 Å². The van der Waals surface area contributed by atoms with Crippen molar-refractivity contribution < 1.29 is 22.3 Å². The van der Waals surface area contributed by atoms with Crippen LogP contribution in [-0.4, -0.2) is 63.7 Å². The zero-order chi connectivity index (χ0) is 22.3. The van der Waals surface area contributed by atoms with Gasteiger partial charge in [-0.1, -0.05) is 24.3 Å². The number of hydrogen-bond donors (Lipinski definition) is 1. The lowest BCUT2D eigenvalue weighted by Gasteiger charge is -2.35. The highest BCUT2D eigenvalue weighted by Crippen LogP contribution is 2.21. The molecule has 1 fully saturated rings. The first-order chi connectivity index (χ1) is 14.8. The molecule has 0 radical (unpaired) electrons. The number of rotatable bonds is 9. The summed E-state index contributed by atoms with van der Waals surface area (Å²) >= 11 is 0. The highest BCUT2D eigenvalue weighted by Gasteiger charge is 2.27. The van der Waals surface area contributed by atoms with Gasteiger partial charge in [-0.05, 0) is 43.2 Å². The summed E-state index contributed by atoms with van der Waals surface area (Å²) in [6, 6.07) is 13.9. The first-order valence-electron chi connectivity index (χ1n) is 10.3. The first kappa shape index (κ1) is 23.0. The molecule has 1 heterocycles. The van der Waals surface area contributed by atoms with Crippen LogP contribution in [0.5, 0.6) is 5.75 Å².